The number of thioether (sulfide) groups is 1. The SMILES string of the molecule is C[C@@H](Sc1nnnn1C(C)(C)C)C(=O)NC(N)=O. The number of urea groups is 1. The second-order valence-electron chi connectivity index (χ2n) is 4.66. The highest BCUT2D eigenvalue weighted by atomic mass is 32.2. The van der Waals surface area contributed by atoms with Crippen molar-refractivity contribution in [2.45, 2.75) is 43.6 Å². The highest BCUT2D eigenvalue weighted by Gasteiger charge is 2.24. The van der Waals surface area contributed by atoms with Crippen molar-refractivity contribution in [1.82, 2.24) is 25.5 Å². The highest BCUT2D eigenvalue weighted by Crippen LogP contribution is 2.24. The van der Waals surface area contributed by atoms with Crippen LogP contribution in [-0.2, 0) is 10.3 Å². The van der Waals surface area contributed by atoms with Crippen LogP contribution in [0.4, 0.5) is 4.79 Å². The van der Waals surface area contributed by atoms with Crippen molar-refractivity contribution < 1.29 is 9.59 Å². The Hall–Kier alpha value is -1.64. The summed E-state index contributed by atoms with van der Waals surface area (Å²) < 4.78 is 1.62. The molecule has 9 heteroatoms. The van der Waals surface area contributed by atoms with Crippen LogP contribution < -0.4 is 11.1 Å². The minimum absolute atomic E-state index is 0.286. The number of primary amides is 1. The summed E-state index contributed by atoms with van der Waals surface area (Å²) in [5.41, 5.74) is 4.59. The van der Waals surface area contributed by atoms with Gasteiger partial charge in [0.25, 0.3) is 0 Å². The van der Waals surface area contributed by atoms with Crippen LogP contribution in [0.5, 0.6) is 0 Å². The lowest BCUT2D eigenvalue weighted by atomic mass is 10.1. The summed E-state index contributed by atoms with van der Waals surface area (Å²) in [4.78, 5) is 22.1. The standard InChI is InChI=1S/C9H16N6O2S/c1-5(6(16)11-7(10)17)18-8-12-13-14-15(8)9(2,3)4/h5H,1-4H3,(H3,10,11,16,17)/t5-/m1/s1. The van der Waals surface area contributed by atoms with E-state index >= 15 is 0 Å². The van der Waals surface area contributed by atoms with Gasteiger partial charge in [-0.2, -0.15) is 0 Å². The van der Waals surface area contributed by atoms with Crippen molar-refractivity contribution in [3.05, 3.63) is 0 Å². The molecule has 1 rings (SSSR count). The van der Waals surface area contributed by atoms with Gasteiger partial charge in [-0.15, -0.1) is 5.10 Å². The van der Waals surface area contributed by atoms with E-state index in [4.69, 9.17) is 5.73 Å². The Morgan fingerprint density at radius 2 is 2.06 bits per heavy atom. The van der Waals surface area contributed by atoms with E-state index in [1.165, 1.54) is 0 Å². The molecule has 18 heavy (non-hydrogen) atoms. The van der Waals surface area contributed by atoms with Crippen LogP contribution in [-0.4, -0.2) is 37.4 Å². The van der Waals surface area contributed by atoms with E-state index in [1.54, 1.807) is 11.6 Å². The van der Waals surface area contributed by atoms with Gasteiger partial charge in [0, 0.05) is 0 Å². The second-order valence-corrected chi connectivity index (χ2v) is 5.97. The average Bonchev–Trinajstić information content (AvgIpc) is 2.63. The molecule has 0 fully saturated rings. The lowest BCUT2D eigenvalue weighted by Gasteiger charge is -2.20. The van der Waals surface area contributed by atoms with Gasteiger partial charge >= 0.3 is 6.03 Å². The molecule has 1 atom stereocenters. The zero-order valence-corrected chi connectivity index (χ0v) is 11.5. The van der Waals surface area contributed by atoms with Crippen LogP contribution in [0.25, 0.3) is 0 Å². The molecule has 3 amide bonds. The molecule has 100 valence electrons. The minimum atomic E-state index is -0.872. The number of hydrogen-bond donors (Lipinski definition) is 2. The van der Waals surface area contributed by atoms with Crippen LogP contribution in [0.15, 0.2) is 5.16 Å². The van der Waals surface area contributed by atoms with Crippen LogP contribution >= 0.6 is 11.8 Å². The van der Waals surface area contributed by atoms with Gasteiger partial charge in [0.2, 0.25) is 11.1 Å². The van der Waals surface area contributed by atoms with Crippen molar-refractivity contribution in [3.63, 3.8) is 0 Å². The fourth-order valence-corrected chi connectivity index (χ4v) is 2.08. The van der Waals surface area contributed by atoms with Gasteiger partial charge in [-0.3, -0.25) is 10.1 Å². The summed E-state index contributed by atoms with van der Waals surface area (Å²) >= 11 is 1.16. The Labute approximate surface area is 109 Å². The van der Waals surface area contributed by atoms with Crippen molar-refractivity contribution >= 4 is 23.7 Å². The molecule has 1 aromatic heterocycles. The average molecular weight is 272 g/mol. The van der Waals surface area contributed by atoms with E-state index in [1.807, 2.05) is 26.1 Å². The van der Waals surface area contributed by atoms with Gasteiger partial charge in [0.1, 0.15) is 0 Å². The van der Waals surface area contributed by atoms with Crippen LogP contribution in [0.1, 0.15) is 27.7 Å². The first-order chi connectivity index (χ1) is 8.21. The van der Waals surface area contributed by atoms with Gasteiger partial charge in [-0.25, -0.2) is 9.48 Å². The zero-order chi connectivity index (χ0) is 13.9. The van der Waals surface area contributed by atoms with E-state index in [2.05, 4.69) is 15.5 Å². The van der Waals surface area contributed by atoms with Crippen molar-refractivity contribution in [2.24, 2.45) is 5.73 Å². The van der Waals surface area contributed by atoms with Crippen molar-refractivity contribution in [1.29, 1.82) is 0 Å². The van der Waals surface area contributed by atoms with Gasteiger partial charge < -0.3 is 5.73 Å². The lowest BCUT2D eigenvalue weighted by molar-refractivity contribution is -0.119. The van der Waals surface area contributed by atoms with Gasteiger partial charge in [0.15, 0.2) is 0 Å². The third-order valence-corrected chi connectivity index (χ3v) is 3.01. The number of amides is 3. The molecule has 8 nitrogen and oxygen atoms in total. The highest BCUT2D eigenvalue weighted by molar-refractivity contribution is 8.00. The number of hydrogen-bond acceptors (Lipinski definition) is 6. The number of tetrazole rings is 1. The first kappa shape index (κ1) is 14.4. The Morgan fingerprint density at radius 3 is 2.56 bits per heavy atom. The predicted octanol–water partition coefficient (Wildman–Crippen LogP) is 0.104. The molecule has 1 aromatic rings. The van der Waals surface area contributed by atoms with E-state index in [0.29, 0.717) is 5.16 Å². The number of imide groups is 1. The number of nitrogens with one attached hydrogen (secondary N) is 1. The van der Waals surface area contributed by atoms with Crippen LogP contribution in [0, 0.1) is 0 Å². The molecule has 0 aliphatic rings. The predicted molar refractivity (Wildman–Crippen MR) is 65.9 cm³/mol. The summed E-state index contributed by atoms with van der Waals surface area (Å²) in [7, 11) is 0. The molecule has 1 heterocycles. The maximum atomic E-state index is 11.5. The third-order valence-electron chi connectivity index (χ3n) is 1.97. The van der Waals surface area contributed by atoms with E-state index in [0.717, 1.165) is 11.8 Å². The quantitative estimate of drug-likeness (QED) is 0.754. The van der Waals surface area contributed by atoms with Crippen LogP contribution in [0.3, 0.4) is 0 Å². The van der Waals surface area contributed by atoms with Gasteiger partial charge in [-0.1, -0.05) is 11.8 Å². The molecule has 0 saturated heterocycles. The normalized spacial score (nSPS) is 13.1. The molecule has 0 saturated carbocycles. The van der Waals surface area contributed by atoms with Gasteiger partial charge in [-0.05, 0) is 38.1 Å². The largest absolute Gasteiger partial charge is 0.351 e. The molecule has 0 aliphatic heterocycles. The molecular weight excluding hydrogens is 256 g/mol. The number of rotatable bonds is 3. The molecule has 3 N–H and O–H groups in total. The Bertz CT molecular complexity index is 452. The number of nitrogens with two attached hydrogens (primary N) is 1. The second kappa shape index (κ2) is 5.34. The lowest BCUT2D eigenvalue weighted by Crippen LogP contribution is -2.39. The Kier molecular flexibility index (Phi) is 4.28. The summed E-state index contributed by atoms with van der Waals surface area (Å²) in [5, 5.41) is 13.3. The number of aromatic nitrogens is 4. The Morgan fingerprint density at radius 1 is 1.44 bits per heavy atom. The summed E-state index contributed by atoms with van der Waals surface area (Å²) in [5.74, 6) is -0.476. The monoisotopic (exact) mass is 272 g/mol. The zero-order valence-electron chi connectivity index (χ0n) is 10.7. The summed E-state index contributed by atoms with van der Waals surface area (Å²) in [6.07, 6.45) is 0. The molecule has 0 bridgehead atoms. The maximum Gasteiger partial charge on any atom is 0.318 e. The van der Waals surface area contributed by atoms with E-state index in [-0.39, 0.29) is 5.54 Å². The first-order valence-corrected chi connectivity index (χ1v) is 6.15. The number of carbonyl (C=O) groups is 2. The molecule has 0 spiro atoms. The molecule has 0 aromatic carbocycles. The molecule has 0 radical (unpaired) electrons. The molecule has 0 aliphatic carbocycles. The summed E-state index contributed by atoms with van der Waals surface area (Å²) in [6.45, 7) is 7.48. The van der Waals surface area contributed by atoms with E-state index < -0.39 is 17.2 Å². The summed E-state index contributed by atoms with van der Waals surface area (Å²) in [6, 6.07) is -0.872. The molecule has 0 unspecified atom stereocenters. The number of carbonyl (C=O) groups excluding carboxylic acids is 2. The van der Waals surface area contributed by atoms with Crippen molar-refractivity contribution in [3.8, 4) is 0 Å². The third kappa shape index (κ3) is 3.69. The number of nitrogens with zero attached hydrogens (tertiary/aromatic N) is 4. The van der Waals surface area contributed by atoms with Crippen molar-refractivity contribution in [2.75, 3.05) is 0 Å². The minimum Gasteiger partial charge on any atom is -0.351 e. The Balaban J connectivity index is 2.77. The smallest absolute Gasteiger partial charge is 0.318 e. The maximum absolute atomic E-state index is 11.5. The fraction of sp³-hybridized carbons (Fsp3) is 0.667. The topological polar surface area (TPSA) is 116 Å². The van der Waals surface area contributed by atoms with Gasteiger partial charge in [0.05, 0.1) is 10.8 Å². The molecular formula is C9H16N6O2S. The van der Waals surface area contributed by atoms with Crippen LogP contribution in [0.2, 0.25) is 0 Å². The van der Waals surface area contributed by atoms with E-state index in [9.17, 15) is 9.59 Å². The first-order valence-electron chi connectivity index (χ1n) is 5.27. The fourth-order valence-electron chi connectivity index (χ4n) is 1.11.